The highest BCUT2D eigenvalue weighted by Gasteiger charge is 2.46. The van der Waals surface area contributed by atoms with Crippen LogP contribution in [0.25, 0.3) is 5.65 Å². The first-order chi connectivity index (χ1) is 10.7. The van der Waals surface area contributed by atoms with E-state index in [0.29, 0.717) is 0 Å². The summed E-state index contributed by atoms with van der Waals surface area (Å²) < 4.78 is 7.70. The summed E-state index contributed by atoms with van der Waals surface area (Å²) in [6.07, 6.45) is 7.47. The summed E-state index contributed by atoms with van der Waals surface area (Å²) in [6.45, 7) is 10.8. The molecule has 0 amide bonds. The van der Waals surface area contributed by atoms with Gasteiger partial charge in [-0.25, -0.2) is 9.50 Å². The smallest absolute Gasteiger partial charge is 0.180 e. The molecule has 0 atom stereocenters. The van der Waals surface area contributed by atoms with Crippen molar-refractivity contribution in [1.29, 1.82) is 0 Å². The summed E-state index contributed by atoms with van der Waals surface area (Å²) >= 11 is 0. The molecule has 1 aliphatic carbocycles. The van der Waals surface area contributed by atoms with E-state index in [1.165, 1.54) is 19.3 Å². The average molecular weight is 304 g/mol. The first-order valence-corrected chi connectivity index (χ1v) is 8.41. The van der Waals surface area contributed by atoms with Crippen LogP contribution in [0.5, 0.6) is 5.75 Å². The van der Waals surface area contributed by atoms with Gasteiger partial charge in [-0.05, 0) is 26.2 Å². The molecule has 2 aromatic heterocycles. The van der Waals surface area contributed by atoms with Crippen molar-refractivity contribution in [2.75, 3.05) is 18.6 Å². The van der Waals surface area contributed by atoms with Gasteiger partial charge in [0.1, 0.15) is 6.61 Å². The lowest BCUT2D eigenvalue weighted by Crippen LogP contribution is -2.58. The largest absolute Gasteiger partial charge is 0.486 e. The number of nitrogens with zero attached hydrogens (tertiary/aromatic N) is 4. The zero-order chi connectivity index (χ0) is 16.3. The monoisotopic (exact) mass is 304 g/mol. The average Bonchev–Trinajstić information content (AvgIpc) is 2.89. The van der Waals surface area contributed by atoms with Crippen molar-refractivity contribution in [3.8, 4) is 5.75 Å². The second-order valence-corrected chi connectivity index (χ2v) is 5.45. The zero-order valence-corrected chi connectivity index (χ0v) is 14.7. The number of likely N-dealkylation sites (N-methyl/N-ethyl adjacent to an activating group) is 1. The minimum absolute atomic E-state index is 0.187. The third kappa shape index (κ3) is 2.42. The molecule has 22 heavy (non-hydrogen) atoms. The maximum absolute atomic E-state index is 5.90. The Kier molecular flexibility index (Phi) is 4.94. The van der Waals surface area contributed by atoms with E-state index < -0.39 is 0 Å². The summed E-state index contributed by atoms with van der Waals surface area (Å²) in [5, 5.41) is 4.28. The van der Waals surface area contributed by atoms with Crippen LogP contribution in [0.4, 0.5) is 5.82 Å². The third-order valence-electron chi connectivity index (χ3n) is 4.43. The fourth-order valence-electron chi connectivity index (χ4n) is 2.94. The second kappa shape index (κ2) is 6.55. The number of hydrogen-bond donors (Lipinski definition) is 0. The Hall–Kier alpha value is -1.78. The van der Waals surface area contributed by atoms with Crippen molar-refractivity contribution >= 4 is 11.5 Å². The van der Waals surface area contributed by atoms with Gasteiger partial charge in [0.05, 0.1) is 17.9 Å². The summed E-state index contributed by atoms with van der Waals surface area (Å²) in [5.74, 6) is 1.79. The molecule has 122 valence electrons. The molecule has 0 bridgehead atoms. The van der Waals surface area contributed by atoms with Gasteiger partial charge in [-0.2, -0.15) is 5.10 Å². The van der Waals surface area contributed by atoms with Crippen LogP contribution in [0.3, 0.4) is 0 Å². The van der Waals surface area contributed by atoms with Crippen LogP contribution in [0.1, 0.15) is 52.5 Å². The van der Waals surface area contributed by atoms with E-state index in [2.05, 4.69) is 17.0 Å². The Morgan fingerprint density at radius 3 is 2.45 bits per heavy atom. The summed E-state index contributed by atoms with van der Waals surface area (Å²) in [4.78, 5) is 7.04. The van der Waals surface area contributed by atoms with Crippen molar-refractivity contribution in [3.63, 3.8) is 0 Å². The van der Waals surface area contributed by atoms with Crippen molar-refractivity contribution < 1.29 is 4.74 Å². The molecular weight excluding hydrogens is 276 g/mol. The quantitative estimate of drug-likeness (QED) is 0.741. The Morgan fingerprint density at radius 2 is 1.86 bits per heavy atom. The van der Waals surface area contributed by atoms with E-state index in [0.717, 1.165) is 29.4 Å². The fourth-order valence-corrected chi connectivity index (χ4v) is 2.94. The van der Waals surface area contributed by atoms with Crippen molar-refractivity contribution in [3.05, 3.63) is 18.0 Å². The van der Waals surface area contributed by atoms with Gasteiger partial charge in [-0.15, -0.1) is 0 Å². The number of ether oxygens (including phenoxy) is 1. The molecule has 5 heteroatoms. The van der Waals surface area contributed by atoms with Gasteiger partial charge in [-0.1, -0.05) is 27.7 Å². The van der Waals surface area contributed by atoms with Crippen LogP contribution in [-0.4, -0.2) is 33.8 Å². The lowest BCUT2D eigenvalue weighted by Gasteiger charge is -2.51. The Balaban J connectivity index is 0.000000410. The van der Waals surface area contributed by atoms with E-state index in [4.69, 9.17) is 9.72 Å². The van der Waals surface area contributed by atoms with E-state index >= 15 is 0 Å². The molecule has 1 saturated carbocycles. The Morgan fingerprint density at radius 1 is 1.18 bits per heavy atom. The van der Waals surface area contributed by atoms with E-state index in [9.17, 15) is 0 Å². The first kappa shape index (κ1) is 16.6. The minimum Gasteiger partial charge on any atom is -0.486 e. The standard InChI is InChI=1S/C13H16N4O.2C2H6/c1-9-6-14-17-7-10-12(15-11(9)17)16(2)13(8-18-10)4-3-5-13;2*1-2/h6-7H,3-5,8H2,1-2H3;2*1-2H3. The molecule has 5 nitrogen and oxygen atoms in total. The summed E-state index contributed by atoms with van der Waals surface area (Å²) in [5.41, 5.74) is 2.20. The van der Waals surface area contributed by atoms with Gasteiger partial charge in [-0.3, -0.25) is 0 Å². The molecule has 0 radical (unpaired) electrons. The SMILES string of the molecule is CC.CC.Cc1cnn2cc3c(nc12)N(C)C1(CCC1)CO3. The van der Waals surface area contributed by atoms with E-state index in [-0.39, 0.29) is 5.54 Å². The summed E-state index contributed by atoms with van der Waals surface area (Å²) in [7, 11) is 2.13. The molecule has 4 rings (SSSR count). The van der Waals surface area contributed by atoms with Crippen LogP contribution < -0.4 is 9.64 Å². The molecule has 1 aliphatic heterocycles. The van der Waals surface area contributed by atoms with Crippen LogP contribution in [0.2, 0.25) is 0 Å². The van der Waals surface area contributed by atoms with Crippen molar-refractivity contribution in [1.82, 2.24) is 14.6 Å². The Bertz CT molecular complexity index is 631. The van der Waals surface area contributed by atoms with Gasteiger partial charge in [0.25, 0.3) is 0 Å². The molecule has 2 aromatic rings. The fraction of sp³-hybridized carbons (Fsp3) is 0.647. The molecular formula is C17H28N4O. The van der Waals surface area contributed by atoms with Crippen molar-refractivity contribution in [2.24, 2.45) is 0 Å². The molecule has 3 heterocycles. The highest BCUT2D eigenvalue weighted by atomic mass is 16.5. The van der Waals surface area contributed by atoms with Crippen LogP contribution in [0, 0.1) is 6.92 Å². The number of anilines is 1. The van der Waals surface area contributed by atoms with E-state index in [1.807, 2.05) is 47.0 Å². The minimum atomic E-state index is 0.187. The van der Waals surface area contributed by atoms with Crippen LogP contribution >= 0.6 is 0 Å². The van der Waals surface area contributed by atoms with Gasteiger partial charge in [0, 0.05) is 12.6 Å². The maximum Gasteiger partial charge on any atom is 0.180 e. The number of fused-ring (bicyclic) bond motifs is 2. The van der Waals surface area contributed by atoms with E-state index in [1.54, 1.807) is 4.52 Å². The molecule has 0 unspecified atom stereocenters. The molecule has 0 N–H and O–H groups in total. The predicted molar refractivity (Wildman–Crippen MR) is 90.9 cm³/mol. The maximum atomic E-state index is 5.90. The number of rotatable bonds is 0. The Labute approximate surface area is 133 Å². The van der Waals surface area contributed by atoms with Gasteiger partial charge in [0.2, 0.25) is 0 Å². The zero-order valence-electron chi connectivity index (χ0n) is 14.7. The number of aromatic nitrogens is 3. The lowest BCUT2D eigenvalue weighted by molar-refractivity contribution is 0.118. The molecule has 1 spiro atoms. The molecule has 0 saturated heterocycles. The summed E-state index contributed by atoms with van der Waals surface area (Å²) in [6, 6.07) is 0. The van der Waals surface area contributed by atoms with Gasteiger partial charge >= 0.3 is 0 Å². The highest BCUT2D eigenvalue weighted by Crippen LogP contribution is 2.45. The van der Waals surface area contributed by atoms with Gasteiger partial charge < -0.3 is 9.64 Å². The lowest BCUT2D eigenvalue weighted by atomic mass is 9.75. The second-order valence-electron chi connectivity index (χ2n) is 5.45. The highest BCUT2D eigenvalue weighted by molar-refractivity contribution is 5.62. The molecule has 1 fully saturated rings. The first-order valence-electron chi connectivity index (χ1n) is 8.41. The number of aryl methyl sites for hydroxylation is 1. The predicted octanol–water partition coefficient (Wildman–Crippen LogP) is 3.84. The van der Waals surface area contributed by atoms with Gasteiger partial charge in [0.15, 0.2) is 17.2 Å². The molecule has 0 aromatic carbocycles. The topological polar surface area (TPSA) is 42.7 Å². The number of hydrogen-bond acceptors (Lipinski definition) is 4. The van der Waals surface area contributed by atoms with Crippen LogP contribution in [0.15, 0.2) is 12.4 Å². The third-order valence-corrected chi connectivity index (χ3v) is 4.43. The molecule has 2 aliphatic rings. The van der Waals surface area contributed by atoms with Crippen LogP contribution in [-0.2, 0) is 0 Å². The van der Waals surface area contributed by atoms with Crippen molar-refractivity contribution in [2.45, 2.75) is 59.4 Å². The normalized spacial score (nSPS) is 17.5.